The van der Waals surface area contributed by atoms with Crippen molar-refractivity contribution in [2.45, 2.75) is 309 Å². The Bertz CT molecular complexity index is 1130. The number of aliphatic carboxylic acids is 1. The van der Waals surface area contributed by atoms with E-state index in [1.54, 1.807) is 0 Å². The van der Waals surface area contributed by atoms with Crippen molar-refractivity contribution in [3.05, 3.63) is 0 Å². The first-order valence-corrected chi connectivity index (χ1v) is 29.6. The van der Waals surface area contributed by atoms with Crippen LogP contribution < -0.4 is 5.32 Å². The van der Waals surface area contributed by atoms with Gasteiger partial charge in [-0.25, -0.2) is 9.36 Å². The van der Waals surface area contributed by atoms with Crippen LogP contribution in [0.4, 0.5) is 0 Å². The van der Waals surface area contributed by atoms with Crippen LogP contribution in [0.3, 0.4) is 0 Å². The van der Waals surface area contributed by atoms with Crippen molar-refractivity contribution in [3.8, 4) is 0 Å². The number of aliphatic hydroxyl groups excluding tert-OH is 1. The first kappa shape index (κ1) is 64.5. The van der Waals surface area contributed by atoms with Gasteiger partial charge in [0.1, 0.15) is 12.7 Å². The second kappa shape index (κ2) is 49.9. The van der Waals surface area contributed by atoms with Gasteiger partial charge >= 0.3 is 19.8 Å². The Morgan fingerprint density at radius 1 is 0.424 bits per heavy atom. The van der Waals surface area contributed by atoms with Gasteiger partial charge in [-0.1, -0.05) is 271 Å². The van der Waals surface area contributed by atoms with Crippen LogP contribution in [0.1, 0.15) is 296 Å². The largest absolute Gasteiger partial charge is 0.480 e. The lowest BCUT2D eigenvalue weighted by molar-refractivity contribution is -0.147. The van der Waals surface area contributed by atoms with Crippen LogP contribution in [0.2, 0.25) is 0 Å². The number of carbonyl (C=O) groups excluding carboxylic acids is 2. The van der Waals surface area contributed by atoms with Crippen molar-refractivity contribution >= 4 is 25.7 Å². The number of hydrogen-bond acceptors (Lipinski definition) is 8. The van der Waals surface area contributed by atoms with E-state index in [1.165, 1.54) is 218 Å². The Morgan fingerprint density at radius 2 is 0.697 bits per heavy atom. The highest BCUT2D eigenvalue weighted by molar-refractivity contribution is 7.47. The molecule has 0 heterocycles. The Balaban J connectivity index is 3.73. The molecule has 0 aromatic rings. The topological polar surface area (TPSA) is 169 Å². The second-order valence-corrected chi connectivity index (χ2v) is 21.0. The third kappa shape index (κ3) is 48.9. The number of phosphoric acid groups is 1. The molecule has 0 saturated carbocycles. The number of unbranched alkanes of at least 4 members (excludes halogenated alkanes) is 40. The molecule has 0 aromatic heterocycles. The molecular weight excluding hydrogens is 854 g/mol. The van der Waals surface area contributed by atoms with Gasteiger partial charge in [-0.3, -0.25) is 18.6 Å². The van der Waals surface area contributed by atoms with Crippen molar-refractivity contribution in [2.75, 3.05) is 19.8 Å². The molecule has 0 aliphatic heterocycles. The van der Waals surface area contributed by atoms with Crippen molar-refractivity contribution in [3.63, 3.8) is 0 Å². The number of hydrogen-bond donors (Lipinski definition) is 4. The van der Waals surface area contributed by atoms with Crippen LogP contribution >= 0.6 is 7.82 Å². The highest BCUT2D eigenvalue weighted by Gasteiger charge is 2.28. The van der Waals surface area contributed by atoms with E-state index < -0.39 is 57.6 Å². The highest BCUT2D eigenvalue weighted by Crippen LogP contribution is 2.43. The summed E-state index contributed by atoms with van der Waals surface area (Å²) in [6, 6.07) is -1.54. The van der Waals surface area contributed by atoms with E-state index in [4.69, 9.17) is 13.8 Å². The van der Waals surface area contributed by atoms with Gasteiger partial charge < -0.3 is 25.2 Å². The average molecular weight is 960 g/mol. The minimum atomic E-state index is -4.76. The number of carboxylic acids is 1. The zero-order valence-corrected chi connectivity index (χ0v) is 43.9. The number of amides is 1. The summed E-state index contributed by atoms with van der Waals surface area (Å²) in [5, 5.41) is 22.0. The molecule has 0 aromatic carbocycles. The molecule has 3 atom stereocenters. The summed E-state index contributed by atoms with van der Waals surface area (Å²) in [6.45, 7) is 2.67. The summed E-state index contributed by atoms with van der Waals surface area (Å²) in [7, 11) is -4.76. The Kier molecular flexibility index (Phi) is 48.7. The monoisotopic (exact) mass is 960 g/mol. The van der Waals surface area contributed by atoms with Crippen LogP contribution in [-0.2, 0) is 32.7 Å². The van der Waals surface area contributed by atoms with Crippen molar-refractivity contribution in [1.82, 2.24) is 5.32 Å². The van der Waals surface area contributed by atoms with Crippen LogP contribution in [0.5, 0.6) is 0 Å². The number of rotatable bonds is 54. The summed E-state index contributed by atoms with van der Waals surface area (Å²) in [6.07, 6.45) is 52.8. The maximum Gasteiger partial charge on any atom is 0.472 e. The molecule has 0 spiro atoms. The quantitative estimate of drug-likeness (QED) is 0.0261. The molecule has 0 rings (SSSR count). The van der Waals surface area contributed by atoms with E-state index >= 15 is 0 Å². The standard InChI is InChI=1S/C54H106NO10P/c1-3-5-7-9-11-13-15-17-19-21-23-24-25-26-28-30-32-34-36-38-40-42-44-46-53(58)63-47-50(56)48-64-66(61,62)65-49-51(54(59)60)55-52(57)45-43-41-39-37-35-33-31-29-27-22-20-18-16-14-12-10-8-6-4-2/h50-51,56H,3-49H2,1-2H3,(H,55,57)(H,59,60)(H,61,62). The lowest BCUT2D eigenvalue weighted by Gasteiger charge is -2.18. The third-order valence-corrected chi connectivity index (χ3v) is 13.8. The molecule has 392 valence electrons. The molecule has 3 unspecified atom stereocenters. The Hall–Kier alpha value is -1.52. The minimum absolute atomic E-state index is 0.153. The summed E-state index contributed by atoms with van der Waals surface area (Å²) in [5.41, 5.74) is 0. The van der Waals surface area contributed by atoms with Gasteiger partial charge in [0.2, 0.25) is 5.91 Å². The van der Waals surface area contributed by atoms with Gasteiger partial charge in [-0.2, -0.15) is 0 Å². The van der Waals surface area contributed by atoms with Gasteiger partial charge in [0.15, 0.2) is 6.04 Å². The number of carboxylic acid groups (broad SMARTS) is 1. The lowest BCUT2D eigenvalue weighted by Crippen LogP contribution is -2.43. The molecule has 0 aliphatic rings. The maximum atomic E-state index is 12.4. The van der Waals surface area contributed by atoms with Gasteiger partial charge in [0.25, 0.3) is 0 Å². The third-order valence-electron chi connectivity index (χ3n) is 12.9. The number of ether oxygens (including phenoxy) is 1. The lowest BCUT2D eigenvalue weighted by atomic mass is 10.0. The van der Waals surface area contributed by atoms with Crippen LogP contribution in [0.15, 0.2) is 0 Å². The number of esters is 1. The minimum Gasteiger partial charge on any atom is -0.480 e. The first-order chi connectivity index (χ1) is 32.1. The summed E-state index contributed by atoms with van der Waals surface area (Å²) < 4.78 is 27.0. The smallest absolute Gasteiger partial charge is 0.472 e. The number of carbonyl (C=O) groups is 3. The molecular formula is C54H106NO10P. The zero-order valence-electron chi connectivity index (χ0n) is 43.0. The molecule has 12 heteroatoms. The Labute approximate surface area is 405 Å². The second-order valence-electron chi connectivity index (χ2n) is 19.5. The number of phosphoric ester groups is 1. The number of nitrogens with one attached hydrogen (secondary N) is 1. The molecule has 4 N–H and O–H groups in total. The molecule has 11 nitrogen and oxygen atoms in total. The number of aliphatic hydroxyl groups is 1. The normalized spacial score (nSPS) is 13.4. The van der Waals surface area contributed by atoms with E-state index in [9.17, 15) is 34.1 Å². The van der Waals surface area contributed by atoms with Crippen LogP contribution in [-0.4, -0.2) is 64.9 Å². The van der Waals surface area contributed by atoms with E-state index in [-0.39, 0.29) is 12.8 Å². The predicted molar refractivity (Wildman–Crippen MR) is 273 cm³/mol. The van der Waals surface area contributed by atoms with Crippen LogP contribution in [0, 0.1) is 0 Å². The van der Waals surface area contributed by atoms with E-state index in [0.717, 1.165) is 38.5 Å². The summed E-state index contributed by atoms with van der Waals surface area (Å²) in [4.78, 5) is 46.2. The van der Waals surface area contributed by atoms with Crippen molar-refractivity contribution in [1.29, 1.82) is 0 Å². The Morgan fingerprint density at radius 3 is 1.00 bits per heavy atom. The molecule has 0 radical (unpaired) electrons. The van der Waals surface area contributed by atoms with Gasteiger partial charge in [-0.05, 0) is 12.8 Å². The maximum absolute atomic E-state index is 12.4. The van der Waals surface area contributed by atoms with Gasteiger partial charge in [0.05, 0.1) is 13.2 Å². The van der Waals surface area contributed by atoms with E-state index in [0.29, 0.717) is 12.8 Å². The highest BCUT2D eigenvalue weighted by atomic mass is 31.2. The molecule has 0 fully saturated rings. The van der Waals surface area contributed by atoms with Gasteiger partial charge in [0, 0.05) is 12.8 Å². The summed E-state index contributed by atoms with van der Waals surface area (Å²) >= 11 is 0. The summed E-state index contributed by atoms with van der Waals surface area (Å²) in [5.74, 6) is -2.34. The molecule has 66 heavy (non-hydrogen) atoms. The molecule has 0 aliphatic carbocycles. The van der Waals surface area contributed by atoms with Crippen molar-refractivity contribution in [2.24, 2.45) is 0 Å². The predicted octanol–water partition coefficient (Wildman–Crippen LogP) is 15.8. The average Bonchev–Trinajstić information content (AvgIpc) is 3.29. The first-order valence-electron chi connectivity index (χ1n) is 28.1. The van der Waals surface area contributed by atoms with Crippen LogP contribution in [0.25, 0.3) is 0 Å². The fourth-order valence-corrected chi connectivity index (χ4v) is 9.33. The van der Waals surface area contributed by atoms with E-state index in [2.05, 4.69) is 19.2 Å². The zero-order chi connectivity index (χ0) is 48.4. The van der Waals surface area contributed by atoms with Gasteiger partial charge in [-0.15, -0.1) is 0 Å². The fourth-order valence-electron chi connectivity index (χ4n) is 8.56. The molecule has 0 bridgehead atoms. The van der Waals surface area contributed by atoms with E-state index in [1.807, 2.05) is 0 Å². The van der Waals surface area contributed by atoms with Crippen molar-refractivity contribution < 1.29 is 47.8 Å². The molecule has 0 saturated heterocycles. The SMILES string of the molecule is CCCCCCCCCCCCCCCCCCCCCCCCCC(=O)OCC(O)COP(=O)(O)OCC(NC(=O)CCCCCCCCCCCCCCCCCCCCC)C(=O)O. The molecule has 1 amide bonds. The fraction of sp³-hybridized carbons (Fsp3) is 0.944.